The molecule has 1 N–H and O–H groups in total. The van der Waals surface area contributed by atoms with E-state index in [2.05, 4.69) is 26.1 Å². The number of carboxylic acid groups (broad SMARTS) is 1. The summed E-state index contributed by atoms with van der Waals surface area (Å²) in [7, 11) is 0. The van der Waals surface area contributed by atoms with Gasteiger partial charge in [-0.15, -0.1) is 10.2 Å². The molecular formula is C11H9BrN2O3S. The van der Waals surface area contributed by atoms with Gasteiger partial charge in [-0.1, -0.05) is 23.9 Å². The maximum Gasteiger partial charge on any atom is 0.304 e. The van der Waals surface area contributed by atoms with Gasteiger partial charge in [0.05, 0.1) is 12.0 Å². The third-order valence-corrected chi connectivity index (χ3v) is 3.56. The lowest BCUT2D eigenvalue weighted by molar-refractivity contribution is -0.136. The maximum atomic E-state index is 10.4. The Hall–Kier alpha value is -1.34. The fourth-order valence-electron chi connectivity index (χ4n) is 1.24. The van der Waals surface area contributed by atoms with E-state index in [1.807, 2.05) is 24.3 Å². The molecule has 0 aliphatic rings. The largest absolute Gasteiger partial charge is 0.481 e. The van der Waals surface area contributed by atoms with Crippen LogP contribution in [0, 0.1) is 0 Å². The molecule has 1 heterocycles. The van der Waals surface area contributed by atoms with Crippen LogP contribution in [-0.4, -0.2) is 27.0 Å². The average molecular weight is 329 g/mol. The quantitative estimate of drug-likeness (QED) is 0.850. The average Bonchev–Trinajstić information content (AvgIpc) is 2.78. The SMILES string of the molecule is O=C(O)CCSc1nnc(-c2ccccc2Br)o1. The fourth-order valence-corrected chi connectivity index (χ4v) is 2.38. The van der Waals surface area contributed by atoms with Crippen molar-refractivity contribution < 1.29 is 14.3 Å². The summed E-state index contributed by atoms with van der Waals surface area (Å²) in [5.74, 6) is -0.0132. The highest BCUT2D eigenvalue weighted by atomic mass is 79.9. The molecule has 1 aromatic heterocycles. The summed E-state index contributed by atoms with van der Waals surface area (Å²) in [6, 6.07) is 7.52. The lowest BCUT2D eigenvalue weighted by Crippen LogP contribution is -1.95. The Bertz CT molecular complexity index is 559. The van der Waals surface area contributed by atoms with Gasteiger partial charge in [-0.2, -0.15) is 0 Å². The van der Waals surface area contributed by atoms with Crippen molar-refractivity contribution in [3.05, 3.63) is 28.7 Å². The number of halogens is 1. The molecule has 0 unspecified atom stereocenters. The molecule has 2 aromatic rings. The first-order valence-electron chi connectivity index (χ1n) is 5.10. The Balaban J connectivity index is 2.06. The van der Waals surface area contributed by atoms with Crippen molar-refractivity contribution in [2.45, 2.75) is 11.6 Å². The molecule has 0 saturated carbocycles. The monoisotopic (exact) mass is 328 g/mol. The minimum atomic E-state index is -0.840. The Labute approximate surface area is 116 Å². The van der Waals surface area contributed by atoms with Gasteiger partial charge in [0, 0.05) is 10.2 Å². The first-order chi connectivity index (χ1) is 8.66. The number of nitrogens with zero attached hydrogens (tertiary/aromatic N) is 2. The van der Waals surface area contributed by atoms with Crippen molar-refractivity contribution in [2.24, 2.45) is 0 Å². The van der Waals surface area contributed by atoms with Crippen molar-refractivity contribution >= 4 is 33.7 Å². The number of hydrogen-bond donors (Lipinski definition) is 1. The molecule has 1 aromatic carbocycles. The number of hydrogen-bond acceptors (Lipinski definition) is 5. The van der Waals surface area contributed by atoms with Crippen LogP contribution < -0.4 is 0 Å². The van der Waals surface area contributed by atoms with E-state index in [1.54, 1.807) is 0 Å². The molecule has 0 bridgehead atoms. The van der Waals surface area contributed by atoms with E-state index >= 15 is 0 Å². The van der Waals surface area contributed by atoms with E-state index in [4.69, 9.17) is 9.52 Å². The van der Waals surface area contributed by atoms with E-state index in [0.717, 1.165) is 10.0 Å². The van der Waals surface area contributed by atoms with E-state index in [0.29, 0.717) is 16.9 Å². The minimum Gasteiger partial charge on any atom is -0.481 e. The molecular weight excluding hydrogens is 320 g/mol. The number of aliphatic carboxylic acids is 1. The van der Waals surface area contributed by atoms with E-state index < -0.39 is 5.97 Å². The number of rotatable bonds is 5. The van der Waals surface area contributed by atoms with Crippen LogP contribution in [0.1, 0.15) is 6.42 Å². The van der Waals surface area contributed by atoms with Gasteiger partial charge in [-0.25, -0.2) is 0 Å². The first-order valence-corrected chi connectivity index (χ1v) is 6.87. The van der Waals surface area contributed by atoms with Crippen molar-refractivity contribution in [3.8, 4) is 11.5 Å². The van der Waals surface area contributed by atoms with Crippen molar-refractivity contribution in [2.75, 3.05) is 5.75 Å². The number of aromatic nitrogens is 2. The summed E-state index contributed by atoms with van der Waals surface area (Å²) in [6.07, 6.45) is 0.0669. The maximum absolute atomic E-state index is 10.4. The van der Waals surface area contributed by atoms with Gasteiger partial charge in [-0.05, 0) is 28.1 Å². The lowest BCUT2D eigenvalue weighted by atomic mass is 10.2. The van der Waals surface area contributed by atoms with Crippen LogP contribution in [0.25, 0.3) is 11.5 Å². The van der Waals surface area contributed by atoms with E-state index in [1.165, 1.54) is 11.8 Å². The van der Waals surface area contributed by atoms with Gasteiger partial charge < -0.3 is 9.52 Å². The van der Waals surface area contributed by atoms with Crippen molar-refractivity contribution in [1.29, 1.82) is 0 Å². The standard InChI is InChI=1S/C11H9BrN2O3S/c12-8-4-2-1-3-7(8)10-13-14-11(17-10)18-6-5-9(15)16/h1-4H,5-6H2,(H,15,16). The predicted molar refractivity (Wildman–Crippen MR) is 70.4 cm³/mol. The second-order valence-corrected chi connectivity index (χ2v) is 5.25. The second-order valence-electron chi connectivity index (χ2n) is 3.35. The van der Waals surface area contributed by atoms with Gasteiger partial charge in [-0.3, -0.25) is 4.79 Å². The highest BCUT2D eigenvalue weighted by molar-refractivity contribution is 9.10. The molecule has 0 aliphatic heterocycles. The van der Waals surface area contributed by atoms with Gasteiger partial charge in [0.15, 0.2) is 0 Å². The normalized spacial score (nSPS) is 10.5. The minimum absolute atomic E-state index is 0.0669. The van der Waals surface area contributed by atoms with Gasteiger partial charge in [0.1, 0.15) is 0 Å². The van der Waals surface area contributed by atoms with E-state index in [9.17, 15) is 4.79 Å². The topological polar surface area (TPSA) is 76.2 Å². The fraction of sp³-hybridized carbons (Fsp3) is 0.182. The molecule has 5 nitrogen and oxygen atoms in total. The molecule has 0 aliphatic carbocycles. The van der Waals surface area contributed by atoms with Crippen molar-refractivity contribution in [1.82, 2.24) is 10.2 Å². The highest BCUT2D eigenvalue weighted by Gasteiger charge is 2.11. The summed E-state index contributed by atoms with van der Waals surface area (Å²) in [5.41, 5.74) is 0.815. The zero-order valence-electron chi connectivity index (χ0n) is 9.17. The molecule has 7 heteroatoms. The van der Waals surface area contributed by atoms with Crippen LogP contribution in [0.3, 0.4) is 0 Å². The number of carboxylic acids is 1. The smallest absolute Gasteiger partial charge is 0.304 e. The van der Waals surface area contributed by atoms with Gasteiger partial charge in [0.2, 0.25) is 5.89 Å². The zero-order valence-corrected chi connectivity index (χ0v) is 11.6. The molecule has 0 saturated heterocycles. The highest BCUT2D eigenvalue weighted by Crippen LogP contribution is 2.28. The van der Waals surface area contributed by atoms with Crippen LogP contribution >= 0.6 is 27.7 Å². The summed E-state index contributed by atoms with van der Waals surface area (Å²) in [4.78, 5) is 10.4. The Morgan fingerprint density at radius 1 is 1.39 bits per heavy atom. The summed E-state index contributed by atoms with van der Waals surface area (Å²) < 4.78 is 6.32. The summed E-state index contributed by atoms with van der Waals surface area (Å²) in [6.45, 7) is 0. The van der Waals surface area contributed by atoms with Crippen molar-refractivity contribution in [3.63, 3.8) is 0 Å². The van der Waals surface area contributed by atoms with Crippen LogP contribution in [-0.2, 0) is 4.79 Å². The molecule has 0 radical (unpaired) electrons. The lowest BCUT2D eigenvalue weighted by Gasteiger charge is -1.97. The third-order valence-electron chi connectivity index (χ3n) is 2.05. The number of benzene rings is 1. The van der Waals surface area contributed by atoms with Gasteiger partial charge >= 0.3 is 5.97 Å². The zero-order chi connectivity index (χ0) is 13.0. The second kappa shape index (κ2) is 6.01. The molecule has 18 heavy (non-hydrogen) atoms. The Morgan fingerprint density at radius 3 is 2.89 bits per heavy atom. The summed E-state index contributed by atoms with van der Waals surface area (Å²) >= 11 is 4.64. The Morgan fingerprint density at radius 2 is 2.17 bits per heavy atom. The van der Waals surface area contributed by atoms with Gasteiger partial charge in [0.25, 0.3) is 5.22 Å². The van der Waals surface area contributed by atoms with Crippen LogP contribution in [0.5, 0.6) is 0 Å². The van der Waals surface area contributed by atoms with E-state index in [-0.39, 0.29) is 6.42 Å². The van der Waals surface area contributed by atoms with Crippen LogP contribution in [0.15, 0.2) is 38.4 Å². The molecule has 0 amide bonds. The van der Waals surface area contributed by atoms with Crippen LogP contribution in [0.4, 0.5) is 0 Å². The molecule has 0 spiro atoms. The van der Waals surface area contributed by atoms with Crippen LogP contribution in [0.2, 0.25) is 0 Å². The molecule has 0 fully saturated rings. The number of thioether (sulfide) groups is 1. The molecule has 0 atom stereocenters. The number of carbonyl (C=O) groups is 1. The summed E-state index contributed by atoms with van der Waals surface area (Å²) in [5, 5.41) is 16.7. The predicted octanol–water partition coefficient (Wildman–Crippen LogP) is 3.07. The first kappa shape index (κ1) is 13.1. The molecule has 94 valence electrons. The molecule has 2 rings (SSSR count). The third kappa shape index (κ3) is 3.33. The Kier molecular flexibility index (Phi) is 4.38.